The molecule has 7 heteroatoms. The van der Waals surface area contributed by atoms with Crippen molar-refractivity contribution < 1.29 is 33.3 Å². The van der Waals surface area contributed by atoms with Crippen molar-refractivity contribution in [1.82, 2.24) is 0 Å². The molecule has 7 nitrogen and oxygen atoms in total. The van der Waals surface area contributed by atoms with Gasteiger partial charge in [0.2, 0.25) is 0 Å². The standard InChI is InChI=1S/C17H24O7/c1-16(2)7-23-17(24-8-16)5-9-10(6-17)12(15(20)22-4)13(18)11(9)14(19)21-3/h9-12H,5-8H2,1-4H3. The summed E-state index contributed by atoms with van der Waals surface area (Å²) >= 11 is 0. The summed E-state index contributed by atoms with van der Waals surface area (Å²) in [6, 6.07) is 0. The van der Waals surface area contributed by atoms with Gasteiger partial charge in [-0.25, -0.2) is 0 Å². The van der Waals surface area contributed by atoms with E-state index in [1.165, 1.54) is 14.2 Å². The third kappa shape index (κ3) is 2.63. The number of carbonyl (C=O) groups is 3. The van der Waals surface area contributed by atoms with E-state index >= 15 is 0 Å². The molecule has 0 aromatic carbocycles. The lowest BCUT2D eigenvalue weighted by Gasteiger charge is -2.42. The lowest BCUT2D eigenvalue weighted by molar-refractivity contribution is -0.297. The van der Waals surface area contributed by atoms with Gasteiger partial charge in [-0.15, -0.1) is 0 Å². The Labute approximate surface area is 140 Å². The van der Waals surface area contributed by atoms with Crippen molar-refractivity contribution >= 4 is 17.7 Å². The molecular weight excluding hydrogens is 316 g/mol. The molecule has 24 heavy (non-hydrogen) atoms. The maximum Gasteiger partial charge on any atom is 0.316 e. The van der Waals surface area contributed by atoms with Crippen molar-refractivity contribution in [2.45, 2.75) is 32.5 Å². The highest BCUT2D eigenvalue weighted by Gasteiger charge is 2.65. The number of rotatable bonds is 2. The monoisotopic (exact) mass is 340 g/mol. The summed E-state index contributed by atoms with van der Waals surface area (Å²) in [5, 5.41) is 0. The number of hydrogen-bond donors (Lipinski definition) is 0. The second kappa shape index (κ2) is 5.81. The average molecular weight is 340 g/mol. The summed E-state index contributed by atoms with van der Waals surface area (Å²) in [6.07, 6.45) is 0.819. The number of ether oxygens (including phenoxy) is 4. The molecule has 1 saturated heterocycles. The fourth-order valence-corrected chi connectivity index (χ4v) is 4.26. The molecule has 2 saturated carbocycles. The van der Waals surface area contributed by atoms with Crippen molar-refractivity contribution in [3.05, 3.63) is 0 Å². The number of Topliss-reactive ketones (excluding diaryl/α,β-unsaturated/α-hetero) is 1. The van der Waals surface area contributed by atoms with E-state index in [1.54, 1.807) is 0 Å². The van der Waals surface area contributed by atoms with Gasteiger partial charge in [0.15, 0.2) is 11.6 Å². The van der Waals surface area contributed by atoms with Gasteiger partial charge in [-0.1, -0.05) is 13.8 Å². The first kappa shape index (κ1) is 17.4. The Morgan fingerprint density at radius 3 is 1.75 bits per heavy atom. The van der Waals surface area contributed by atoms with Gasteiger partial charge in [0.05, 0.1) is 27.4 Å². The van der Waals surface area contributed by atoms with E-state index in [4.69, 9.17) is 18.9 Å². The third-order valence-electron chi connectivity index (χ3n) is 5.47. The van der Waals surface area contributed by atoms with Crippen LogP contribution in [0.1, 0.15) is 26.7 Å². The van der Waals surface area contributed by atoms with Gasteiger partial charge in [-0.3, -0.25) is 14.4 Å². The normalized spacial score (nSPS) is 36.4. The number of ketones is 1. The molecule has 1 aliphatic heterocycles. The second-order valence-electron chi connectivity index (χ2n) is 7.79. The molecule has 1 spiro atoms. The number of fused-ring (bicyclic) bond motifs is 1. The molecule has 4 unspecified atom stereocenters. The fraction of sp³-hybridized carbons (Fsp3) is 0.824. The van der Waals surface area contributed by atoms with Gasteiger partial charge in [0.1, 0.15) is 11.8 Å². The molecule has 2 aliphatic carbocycles. The van der Waals surface area contributed by atoms with Gasteiger partial charge < -0.3 is 18.9 Å². The zero-order chi connectivity index (χ0) is 17.7. The summed E-state index contributed by atoms with van der Waals surface area (Å²) in [5.74, 6) is -5.00. The Balaban J connectivity index is 1.87. The Morgan fingerprint density at radius 2 is 1.38 bits per heavy atom. The van der Waals surface area contributed by atoms with Gasteiger partial charge in [0, 0.05) is 18.3 Å². The van der Waals surface area contributed by atoms with Gasteiger partial charge in [-0.2, -0.15) is 0 Å². The highest BCUT2D eigenvalue weighted by atomic mass is 16.7. The van der Waals surface area contributed by atoms with Crippen molar-refractivity contribution in [2.24, 2.45) is 29.1 Å². The van der Waals surface area contributed by atoms with Crippen LogP contribution in [0, 0.1) is 29.1 Å². The van der Waals surface area contributed by atoms with Crippen molar-refractivity contribution in [2.75, 3.05) is 27.4 Å². The predicted octanol–water partition coefficient (Wildman–Crippen LogP) is 0.943. The highest BCUT2D eigenvalue weighted by Crippen LogP contribution is 2.56. The minimum atomic E-state index is -0.953. The number of hydrogen-bond acceptors (Lipinski definition) is 7. The minimum Gasteiger partial charge on any atom is -0.468 e. The first-order chi connectivity index (χ1) is 11.2. The Bertz CT molecular complexity index is 521. The summed E-state index contributed by atoms with van der Waals surface area (Å²) < 4.78 is 21.6. The predicted molar refractivity (Wildman–Crippen MR) is 80.6 cm³/mol. The van der Waals surface area contributed by atoms with Crippen molar-refractivity contribution in [3.8, 4) is 0 Å². The maximum absolute atomic E-state index is 12.6. The maximum atomic E-state index is 12.6. The van der Waals surface area contributed by atoms with Crippen LogP contribution in [0.15, 0.2) is 0 Å². The van der Waals surface area contributed by atoms with Crippen LogP contribution in [-0.2, 0) is 33.3 Å². The molecule has 0 bridgehead atoms. The molecule has 0 radical (unpaired) electrons. The van der Waals surface area contributed by atoms with E-state index in [9.17, 15) is 14.4 Å². The first-order valence-corrected chi connectivity index (χ1v) is 8.21. The summed E-state index contributed by atoms with van der Waals surface area (Å²) in [4.78, 5) is 36.9. The molecular formula is C17H24O7. The van der Waals surface area contributed by atoms with Crippen LogP contribution in [0.5, 0.6) is 0 Å². The topological polar surface area (TPSA) is 88.1 Å². The van der Waals surface area contributed by atoms with E-state index in [-0.39, 0.29) is 17.3 Å². The molecule has 3 rings (SSSR count). The molecule has 4 atom stereocenters. The minimum absolute atomic E-state index is 0.0811. The first-order valence-electron chi connectivity index (χ1n) is 8.21. The van der Waals surface area contributed by atoms with Crippen LogP contribution in [0.25, 0.3) is 0 Å². The summed E-state index contributed by atoms with van der Waals surface area (Å²) in [5.41, 5.74) is -0.0811. The van der Waals surface area contributed by atoms with Crippen molar-refractivity contribution in [3.63, 3.8) is 0 Å². The van der Waals surface area contributed by atoms with E-state index in [0.29, 0.717) is 26.1 Å². The molecule has 0 amide bonds. The van der Waals surface area contributed by atoms with E-state index < -0.39 is 35.3 Å². The Morgan fingerprint density at radius 1 is 0.958 bits per heavy atom. The van der Waals surface area contributed by atoms with Gasteiger partial charge >= 0.3 is 11.9 Å². The van der Waals surface area contributed by atoms with Gasteiger partial charge in [0.25, 0.3) is 0 Å². The third-order valence-corrected chi connectivity index (χ3v) is 5.47. The number of carbonyl (C=O) groups excluding carboxylic acids is 3. The molecule has 134 valence electrons. The van der Waals surface area contributed by atoms with Crippen LogP contribution in [0.3, 0.4) is 0 Å². The molecule has 3 aliphatic rings. The van der Waals surface area contributed by atoms with Crippen LogP contribution in [0.2, 0.25) is 0 Å². The lowest BCUT2D eigenvalue weighted by Crippen LogP contribution is -2.47. The number of methoxy groups -OCH3 is 2. The van der Waals surface area contributed by atoms with E-state index in [2.05, 4.69) is 0 Å². The molecule has 1 heterocycles. The number of esters is 2. The Kier molecular flexibility index (Phi) is 4.20. The van der Waals surface area contributed by atoms with E-state index in [1.807, 2.05) is 13.8 Å². The van der Waals surface area contributed by atoms with Gasteiger partial charge in [-0.05, 0) is 11.8 Å². The van der Waals surface area contributed by atoms with Crippen LogP contribution >= 0.6 is 0 Å². The second-order valence-corrected chi connectivity index (χ2v) is 7.79. The smallest absolute Gasteiger partial charge is 0.316 e. The summed E-state index contributed by atoms with van der Waals surface area (Å²) in [7, 11) is 2.49. The fourth-order valence-electron chi connectivity index (χ4n) is 4.26. The molecule has 0 N–H and O–H groups in total. The molecule has 3 fully saturated rings. The van der Waals surface area contributed by atoms with Crippen LogP contribution < -0.4 is 0 Å². The van der Waals surface area contributed by atoms with Crippen molar-refractivity contribution in [1.29, 1.82) is 0 Å². The largest absolute Gasteiger partial charge is 0.468 e. The lowest BCUT2D eigenvalue weighted by atomic mass is 9.90. The zero-order valence-corrected chi connectivity index (χ0v) is 14.5. The summed E-state index contributed by atoms with van der Waals surface area (Å²) in [6.45, 7) is 5.17. The van der Waals surface area contributed by atoms with Crippen LogP contribution in [-0.4, -0.2) is 50.9 Å². The average Bonchev–Trinajstić information content (AvgIpc) is 3.01. The molecule has 0 aromatic heterocycles. The quantitative estimate of drug-likeness (QED) is 0.546. The Hall–Kier alpha value is -1.47. The van der Waals surface area contributed by atoms with Crippen LogP contribution in [0.4, 0.5) is 0 Å². The SMILES string of the molecule is COC(=O)C1C(=O)C(C(=O)OC)C2CC3(CC12)OCC(C)(C)CO3. The molecule has 0 aromatic rings. The highest BCUT2D eigenvalue weighted by molar-refractivity contribution is 6.10. The zero-order valence-electron chi connectivity index (χ0n) is 14.5. The van der Waals surface area contributed by atoms with E-state index in [0.717, 1.165) is 0 Å².